The summed E-state index contributed by atoms with van der Waals surface area (Å²) in [6, 6.07) is 0.890. The Kier molecular flexibility index (Phi) is 8.67. The third kappa shape index (κ3) is 6.39. The third-order valence-electron chi connectivity index (χ3n) is 3.78. The summed E-state index contributed by atoms with van der Waals surface area (Å²) in [7, 11) is 1.75. The molecule has 0 heterocycles. The number of methoxy groups -OCH3 is 1. The van der Waals surface area contributed by atoms with Crippen LogP contribution in [0.1, 0.15) is 45.4 Å². The fraction of sp³-hybridized carbons (Fsp3) is 1.00. The Morgan fingerprint density at radius 3 is 2.59 bits per heavy atom. The van der Waals surface area contributed by atoms with E-state index in [1.165, 1.54) is 51.6 Å². The molecule has 0 radical (unpaired) electrons. The van der Waals surface area contributed by atoms with E-state index in [2.05, 4.69) is 17.1 Å². The minimum atomic E-state index is 0.823. The van der Waals surface area contributed by atoms with Crippen molar-refractivity contribution in [3.05, 3.63) is 0 Å². The van der Waals surface area contributed by atoms with Gasteiger partial charge < -0.3 is 15.0 Å². The molecule has 0 aliphatic heterocycles. The molecule has 1 aliphatic carbocycles. The van der Waals surface area contributed by atoms with Crippen LogP contribution >= 0.6 is 0 Å². The van der Waals surface area contributed by atoms with Gasteiger partial charge >= 0.3 is 0 Å². The molecule has 0 amide bonds. The van der Waals surface area contributed by atoms with E-state index < -0.39 is 0 Å². The van der Waals surface area contributed by atoms with Gasteiger partial charge in [-0.1, -0.05) is 19.8 Å². The van der Waals surface area contributed by atoms with Crippen LogP contribution in [0, 0.1) is 0 Å². The van der Waals surface area contributed by atoms with Gasteiger partial charge in [0.15, 0.2) is 0 Å². The van der Waals surface area contributed by atoms with Gasteiger partial charge in [-0.25, -0.2) is 0 Å². The highest BCUT2D eigenvalue weighted by molar-refractivity contribution is 4.76. The lowest BCUT2D eigenvalue weighted by molar-refractivity contribution is 0.196. The van der Waals surface area contributed by atoms with Gasteiger partial charge in [0.25, 0.3) is 0 Å². The minimum Gasteiger partial charge on any atom is -0.383 e. The van der Waals surface area contributed by atoms with Crippen molar-refractivity contribution in [1.82, 2.24) is 10.2 Å². The highest BCUT2D eigenvalue weighted by atomic mass is 16.5. The van der Waals surface area contributed by atoms with Crippen molar-refractivity contribution in [3.8, 4) is 0 Å². The lowest BCUT2D eigenvalue weighted by Gasteiger charge is -2.27. The highest BCUT2D eigenvalue weighted by Crippen LogP contribution is 2.23. The summed E-state index contributed by atoms with van der Waals surface area (Å²) >= 11 is 0. The van der Waals surface area contributed by atoms with Gasteiger partial charge in [-0.15, -0.1) is 0 Å². The summed E-state index contributed by atoms with van der Waals surface area (Å²) in [5, 5.41) is 3.40. The first-order valence-corrected chi connectivity index (χ1v) is 7.32. The lowest BCUT2D eigenvalue weighted by atomic mass is 10.2. The van der Waals surface area contributed by atoms with E-state index in [9.17, 15) is 0 Å². The van der Waals surface area contributed by atoms with Crippen LogP contribution in [-0.2, 0) is 4.74 Å². The maximum absolute atomic E-state index is 5.00. The van der Waals surface area contributed by atoms with Gasteiger partial charge in [0.2, 0.25) is 0 Å². The molecular weight excluding hydrogens is 212 g/mol. The number of nitrogens with zero attached hydrogens (tertiary/aromatic N) is 1. The molecule has 1 saturated carbocycles. The monoisotopic (exact) mass is 242 g/mol. The fourth-order valence-electron chi connectivity index (χ4n) is 2.73. The molecule has 0 atom stereocenters. The average molecular weight is 242 g/mol. The fourth-order valence-corrected chi connectivity index (χ4v) is 2.73. The Balaban J connectivity index is 1.96. The van der Waals surface area contributed by atoms with Crippen LogP contribution < -0.4 is 5.32 Å². The van der Waals surface area contributed by atoms with E-state index in [0.29, 0.717) is 0 Å². The molecule has 0 aromatic rings. The molecule has 0 aromatic carbocycles. The molecule has 102 valence electrons. The van der Waals surface area contributed by atoms with E-state index in [0.717, 1.165) is 25.7 Å². The zero-order chi connectivity index (χ0) is 12.3. The Morgan fingerprint density at radius 1 is 1.18 bits per heavy atom. The zero-order valence-electron chi connectivity index (χ0n) is 11.7. The SMILES string of the molecule is CCN(CCCCNCCOC)C1CCCC1. The molecule has 1 fully saturated rings. The Morgan fingerprint density at radius 2 is 1.94 bits per heavy atom. The van der Waals surface area contributed by atoms with E-state index in [1.54, 1.807) is 7.11 Å². The predicted molar refractivity (Wildman–Crippen MR) is 73.5 cm³/mol. The standard InChI is InChI=1S/C14H30N2O/c1-3-16(14-8-4-5-9-14)12-7-6-10-15-11-13-17-2/h14-15H,3-13H2,1-2H3. The molecule has 0 bridgehead atoms. The van der Waals surface area contributed by atoms with E-state index in [-0.39, 0.29) is 0 Å². The molecule has 1 N–H and O–H groups in total. The molecule has 0 unspecified atom stereocenters. The van der Waals surface area contributed by atoms with Crippen molar-refractivity contribution in [2.75, 3.05) is 39.9 Å². The molecule has 3 heteroatoms. The molecule has 3 nitrogen and oxygen atoms in total. The molecule has 17 heavy (non-hydrogen) atoms. The van der Waals surface area contributed by atoms with Crippen LogP contribution in [0.5, 0.6) is 0 Å². The number of hydrogen-bond donors (Lipinski definition) is 1. The number of unbranched alkanes of at least 4 members (excludes halogenated alkanes) is 1. The van der Waals surface area contributed by atoms with Crippen LogP contribution in [0.3, 0.4) is 0 Å². The van der Waals surface area contributed by atoms with Gasteiger partial charge in [0.1, 0.15) is 0 Å². The Bertz CT molecular complexity index is 170. The van der Waals surface area contributed by atoms with Crippen molar-refractivity contribution >= 4 is 0 Å². The summed E-state index contributed by atoms with van der Waals surface area (Å²) < 4.78 is 5.00. The van der Waals surface area contributed by atoms with Gasteiger partial charge in [-0.05, 0) is 45.3 Å². The van der Waals surface area contributed by atoms with E-state index in [1.807, 2.05) is 0 Å². The molecule has 1 aliphatic rings. The van der Waals surface area contributed by atoms with Gasteiger partial charge in [0.05, 0.1) is 6.61 Å². The van der Waals surface area contributed by atoms with Crippen molar-refractivity contribution in [2.45, 2.75) is 51.5 Å². The zero-order valence-corrected chi connectivity index (χ0v) is 11.7. The van der Waals surface area contributed by atoms with Crippen LogP contribution in [0.4, 0.5) is 0 Å². The van der Waals surface area contributed by atoms with Gasteiger partial charge in [-0.2, -0.15) is 0 Å². The molecule has 0 saturated heterocycles. The number of ether oxygens (including phenoxy) is 1. The quantitative estimate of drug-likeness (QED) is 0.595. The number of rotatable bonds is 10. The van der Waals surface area contributed by atoms with E-state index >= 15 is 0 Å². The van der Waals surface area contributed by atoms with Crippen molar-refractivity contribution in [2.24, 2.45) is 0 Å². The predicted octanol–water partition coefficient (Wildman–Crippen LogP) is 2.27. The second-order valence-corrected chi connectivity index (χ2v) is 5.02. The highest BCUT2D eigenvalue weighted by Gasteiger charge is 2.20. The van der Waals surface area contributed by atoms with Gasteiger partial charge in [-0.3, -0.25) is 0 Å². The molecule has 0 spiro atoms. The summed E-state index contributed by atoms with van der Waals surface area (Å²) in [6.45, 7) is 7.75. The number of hydrogen-bond acceptors (Lipinski definition) is 3. The third-order valence-corrected chi connectivity index (χ3v) is 3.78. The number of nitrogens with one attached hydrogen (secondary N) is 1. The second-order valence-electron chi connectivity index (χ2n) is 5.02. The van der Waals surface area contributed by atoms with Crippen molar-refractivity contribution < 1.29 is 4.74 Å². The van der Waals surface area contributed by atoms with Crippen LogP contribution in [0.15, 0.2) is 0 Å². The van der Waals surface area contributed by atoms with E-state index in [4.69, 9.17) is 4.74 Å². The summed E-state index contributed by atoms with van der Waals surface area (Å²) in [5.74, 6) is 0. The first kappa shape index (κ1) is 14.9. The van der Waals surface area contributed by atoms with Crippen LogP contribution in [0.25, 0.3) is 0 Å². The minimum absolute atomic E-state index is 0.823. The summed E-state index contributed by atoms with van der Waals surface area (Å²) in [5.41, 5.74) is 0. The normalized spacial score (nSPS) is 17.1. The first-order chi connectivity index (χ1) is 8.38. The second kappa shape index (κ2) is 9.86. The molecular formula is C14H30N2O. The smallest absolute Gasteiger partial charge is 0.0587 e. The molecule has 0 aromatic heterocycles. The topological polar surface area (TPSA) is 24.5 Å². The Labute approximate surface area is 107 Å². The summed E-state index contributed by atoms with van der Waals surface area (Å²) in [4.78, 5) is 2.68. The van der Waals surface area contributed by atoms with Crippen LogP contribution in [-0.4, -0.2) is 50.8 Å². The lowest BCUT2D eigenvalue weighted by Crippen LogP contribution is -2.34. The Hall–Kier alpha value is -0.120. The first-order valence-electron chi connectivity index (χ1n) is 7.32. The maximum Gasteiger partial charge on any atom is 0.0587 e. The van der Waals surface area contributed by atoms with Gasteiger partial charge in [0, 0.05) is 19.7 Å². The van der Waals surface area contributed by atoms with Crippen molar-refractivity contribution in [1.29, 1.82) is 0 Å². The summed E-state index contributed by atoms with van der Waals surface area (Å²) in [6.07, 6.45) is 8.36. The van der Waals surface area contributed by atoms with Crippen LogP contribution in [0.2, 0.25) is 0 Å². The van der Waals surface area contributed by atoms with Crippen molar-refractivity contribution in [3.63, 3.8) is 0 Å². The average Bonchev–Trinajstić information content (AvgIpc) is 2.86. The maximum atomic E-state index is 5.00. The largest absolute Gasteiger partial charge is 0.383 e. The molecule has 1 rings (SSSR count).